The first-order valence-corrected chi connectivity index (χ1v) is 7.56. The van der Waals surface area contributed by atoms with E-state index >= 15 is 0 Å². The molecule has 0 spiro atoms. The van der Waals surface area contributed by atoms with Gasteiger partial charge in [0, 0.05) is 12.1 Å². The maximum Gasteiger partial charge on any atom is 0.453 e. The average molecular weight is 328 g/mol. The zero-order valence-electron chi connectivity index (χ0n) is 13.1. The van der Waals surface area contributed by atoms with Gasteiger partial charge in [0.2, 0.25) is 0 Å². The molecule has 6 nitrogen and oxygen atoms in total. The van der Waals surface area contributed by atoms with Crippen molar-refractivity contribution in [1.82, 2.24) is 24.7 Å². The van der Waals surface area contributed by atoms with E-state index in [2.05, 4.69) is 39.4 Å². The molecule has 1 aliphatic rings. The van der Waals surface area contributed by atoms with Crippen LogP contribution >= 0.6 is 0 Å². The number of hydrogen-bond donors (Lipinski definition) is 1. The Morgan fingerprint density at radius 3 is 2.48 bits per heavy atom. The number of hydrogen-bond acceptors (Lipinski definition) is 5. The minimum Gasteiger partial charge on any atom is -0.367 e. The third-order valence-corrected chi connectivity index (χ3v) is 4.18. The zero-order valence-corrected chi connectivity index (χ0v) is 13.1. The monoisotopic (exact) mass is 328 g/mol. The normalized spacial score (nSPS) is 17.1. The standard InChI is InChI=1S/C14H19F3N6/c1-13(2,22-7-3-4-8-22)9-18-10-5-6-11-19-20-12(14(15,16)17)23(11)21-10/h5-6H,3-4,7-9H2,1-2H3,(H,18,21). The molecule has 1 saturated heterocycles. The molecule has 3 rings (SSSR count). The summed E-state index contributed by atoms with van der Waals surface area (Å²) in [6.45, 7) is 6.91. The molecule has 0 bridgehead atoms. The SMILES string of the molecule is CC(C)(CNc1ccc2nnc(C(F)(F)F)n2n1)N1CCCC1. The van der Waals surface area contributed by atoms with Gasteiger partial charge in [-0.3, -0.25) is 4.90 Å². The number of aromatic nitrogens is 4. The topological polar surface area (TPSA) is 58.4 Å². The molecular formula is C14H19F3N6. The van der Waals surface area contributed by atoms with Crippen LogP contribution in [0.15, 0.2) is 12.1 Å². The second-order valence-corrected chi connectivity index (χ2v) is 6.37. The number of nitrogens with zero attached hydrogens (tertiary/aromatic N) is 5. The van der Waals surface area contributed by atoms with Gasteiger partial charge >= 0.3 is 6.18 Å². The predicted molar refractivity (Wildman–Crippen MR) is 79.2 cm³/mol. The van der Waals surface area contributed by atoms with Gasteiger partial charge in [-0.25, -0.2) is 0 Å². The van der Waals surface area contributed by atoms with Crippen molar-refractivity contribution in [1.29, 1.82) is 0 Å². The fraction of sp³-hybridized carbons (Fsp3) is 0.643. The molecule has 0 amide bonds. The Hall–Kier alpha value is -1.90. The van der Waals surface area contributed by atoms with Gasteiger partial charge < -0.3 is 5.32 Å². The van der Waals surface area contributed by atoms with Crippen LogP contribution in [-0.4, -0.2) is 49.9 Å². The molecule has 0 radical (unpaired) electrons. The van der Waals surface area contributed by atoms with Crippen molar-refractivity contribution < 1.29 is 13.2 Å². The van der Waals surface area contributed by atoms with Crippen LogP contribution in [0.5, 0.6) is 0 Å². The molecule has 3 heterocycles. The van der Waals surface area contributed by atoms with Gasteiger partial charge in [0.1, 0.15) is 5.82 Å². The van der Waals surface area contributed by atoms with E-state index in [0.29, 0.717) is 12.4 Å². The van der Waals surface area contributed by atoms with E-state index in [4.69, 9.17) is 0 Å². The molecule has 0 aromatic carbocycles. The van der Waals surface area contributed by atoms with Gasteiger partial charge in [-0.2, -0.15) is 17.7 Å². The quantitative estimate of drug-likeness (QED) is 0.934. The summed E-state index contributed by atoms with van der Waals surface area (Å²) in [7, 11) is 0. The fourth-order valence-electron chi connectivity index (χ4n) is 2.80. The molecule has 23 heavy (non-hydrogen) atoms. The third kappa shape index (κ3) is 3.24. The maximum atomic E-state index is 12.9. The Balaban J connectivity index is 1.78. The van der Waals surface area contributed by atoms with Crippen molar-refractivity contribution in [3.05, 3.63) is 18.0 Å². The first-order chi connectivity index (χ1) is 10.8. The molecule has 0 aliphatic carbocycles. The molecule has 0 saturated carbocycles. The minimum absolute atomic E-state index is 0.0710. The molecule has 0 atom stereocenters. The lowest BCUT2D eigenvalue weighted by molar-refractivity contribution is -0.146. The Labute approximate surface area is 131 Å². The highest BCUT2D eigenvalue weighted by molar-refractivity contribution is 5.44. The van der Waals surface area contributed by atoms with Gasteiger partial charge in [0.25, 0.3) is 5.82 Å². The molecule has 126 valence electrons. The van der Waals surface area contributed by atoms with Crippen molar-refractivity contribution in [3.63, 3.8) is 0 Å². The van der Waals surface area contributed by atoms with Crippen LogP contribution in [0.1, 0.15) is 32.5 Å². The van der Waals surface area contributed by atoms with Crippen LogP contribution in [0.3, 0.4) is 0 Å². The first-order valence-electron chi connectivity index (χ1n) is 7.56. The largest absolute Gasteiger partial charge is 0.453 e. The van der Waals surface area contributed by atoms with Crippen LogP contribution in [-0.2, 0) is 6.18 Å². The summed E-state index contributed by atoms with van der Waals surface area (Å²) in [5.41, 5.74) is -0.0191. The van der Waals surface area contributed by atoms with Gasteiger partial charge in [-0.1, -0.05) is 0 Å². The summed E-state index contributed by atoms with van der Waals surface area (Å²) in [5.74, 6) is -0.745. The summed E-state index contributed by atoms with van der Waals surface area (Å²) in [5, 5.41) is 13.8. The second-order valence-electron chi connectivity index (χ2n) is 6.37. The fourth-order valence-corrected chi connectivity index (χ4v) is 2.80. The van der Waals surface area contributed by atoms with Gasteiger partial charge in [0.05, 0.1) is 0 Å². The Bertz CT molecular complexity index is 687. The summed E-state index contributed by atoms with van der Waals surface area (Å²) in [4.78, 5) is 2.37. The lowest BCUT2D eigenvalue weighted by Crippen LogP contribution is -2.47. The molecule has 0 unspecified atom stereocenters. The molecular weight excluding hydrogens is 309 g/mol. The van der Waals surface area contributed by atoms with Crippen molar-refractivity contribution in [2.75, 3.05) is 25.0 Å². The summed E-state index contributed by atoms with van der Waals surface area (Å²) >= 11 is 0. The number of halogens is 3. The van der Waals surface area contributed by atoms with E-state index in [-0.39, 0.29) is 11.2 Å². The van der Waals surface area contributed by atoms with Crippen molar-refractivity contribution in [2.24, 2.45) is 0 Å². The van der Waals surface area contributed by atoms with Crippen LogP contribution in [0.25, 0.3) is 5.65 Å². The summed E-state index contributed by atoms with van der Waals surface area (Å²) in [6, 6.07) is 3.09. The maximum absolute atomic E-state index is 12.9. The number of nitrogens with one attached hydrogen (secondary N) is 1. The van der Waals surface area contributed by atoms with E-state index in [0.717, 1.165) is 17.6 Å². The van der Waals surface area contributed by atoms with Crippen LogP contribution in [0, 0.1) is 0 Å². The minimum atomic E-state index is -4.58. The number of anilines is 1. The highest BCUT2D eigenvalue weighted by Crippen LogP contribution is 2.27. The Morgan fingerprint density at radius 2 is 1.83 bits per heavy atom. The van der Waals surface area contributed by atoms with Gasteiger partial charge in [-0.05, 0) is 51.9 Å². The average Bonchev–Trinajstić information content (AvgIpc) is 3.13. The number of fused-ring (bicyclic) bond motifs is 1. The second kappa shape index (κ2) is 5.63. The number of likely N-dealkylation sites (tertiary alicyclic amines) is 1. The number of alkyl halides is 3. The highest BCUT2D eigenvalue weighted by atomic mass is 19.4. The summed E-state index contributed by atoms with van der Waals surface area (Å²) < 4.78 is 39.3. The Morgan fingerprint density at radius 1 is 1.13 bits per heavy atom. The van der Waals surface area contributed by atoms with Crippen LogP contribution < -0.4 is 5.32 Å². The predicted octanol–water partition coefficient (Wildman–Crippen LogP) is 2.43. The molecule has 1 aliphatic heterocycles. The molecule has 2 aromatic heterocycles. The van der Waals surface area contributed by atoms with E-state index in [1.807, 2.05) is 0 Å². The van der Waals surface area contributed by atoms with E-state index in [9.17, 15) is 13.2 Å². The lowest BCUT2D eigenvalue weighted by atomic mass is 10.0. The van der Waals surface area contributed by atoms with E-state index < -0.39 is 12.0 Å². The molecule has 2 aromatic rings. The van der Waals surface area contributed by atoms with Crippen molar-refractivity contribution >= 4 is 11.5 Å². The highest BCUT2D eigenvalue weighted by Gasteiger charge is 2.37. The van der Waals surface area contributed by atoms with Crippen molar-refractivity contribution in [2.45, 2.75) is 38.4 Å². The van der Waals surface area contributed by atoms with Crippen molar-refractivity contribution in [3.8, 4) is 0 Å². The van der Waals surface area contributed by atoms with Crippen LogP contribution in [0.4, 0.5) is 19.0 Å². The number of rotatable bonds is 4. The van der Waals surface area contributed by atoms with Crippen LogP contribution in [0.2, 0.25) is 0 Å². The molecule has 9 heteroatoms. The van der Waals surface area contributed by atoms with E-state index in [1.54, 1.807) is 6.07 Å². The Kier molecular flexibility index (Phi) is 3.91. The van der Waals surface area contributed by atoms with E-state index in [1.165, 1.54) is 18.9 Å². The lowest BCUT2D eigenvalue weighted by Gasteiger charge is -2.35. The zero-order chi connectivity index (χ0) is 16.7. The smallest absolute Gasteiger partial charge is 0.367 e. The molecule has 1 fully saturated rings. The first kappa shape index (κ1) is 16.0. The van der Waals surface area contributed by atoms with Gasteiger partial charge in [0.15, 0.2) is 5.65 Å². The van der Waals surface area contributed by atoms with Gasteiger partial charge in [-0.15, -0.1) is 15.3 Å². The third-order valence-electron chi connectivity index (χ3n) is 4.18. The molecule has 1 N–H and O–H groups in total. The summed E-state index contributed by atoms with van der Waals surface area (Å²) in [6.07, 6.45) is -2.22.